The van der Waals surface area contributed by atoms with E-state index in [-0.39, 0.29) is 5.56 Å². The molecule has 0 aliphatic heterocycles. The van der Waals surface area contributed by atoms with E-state index in [1.807, 2.05) is 54.6 Å². The van der Waals surface area contributed by atoms with Gasteiger partial charge in [0.25, 0.3) is 5.56 Å². The summed E-state index contributed by atoms with van der Waals surface area (Å²) in [5.74, 6) is 0. The zero-order valence-electron chi connectivity index (χ0n) is 12.1. The van der Waals surface area contributed by atoms with Gasteiger partial charge in [-0.15, -0.1) is 0 Å². The number of rotatable bonds is 2. The second kappa shape index (κ2) is 5.40. The first kappa shape index (κ1) is 13.8. The third-order valence-corrected chi connectivity index (χ3v) is 3.96. The Labute approximate surface area is 136 Å². The van der Waals surface area contributed by atoms with E-state index in [2.05, 4.69) is 15.1 Å². The van der Waals surface area contributed by atoms with Crippen LogP contribution in [0.4, 0.5) is 0 Å². The van der Waals surface area contributed by atoms with Gasteiger partial charge in [-0.3, -0.25) is 4.79 Å². The Morgan fingerprint density at radius 2 is 1.78 bits per heavy atom. The van der Waals surface area contributed by atoms with Crippen molar-refractivity contribution < 1.29 is 0 Å². The van der Waals surface area contributed by atoms with Gasteiger partial charge >= 0.3 is 0 Å². The van der Waals surface area contributed by atoms with E-state index < -0.39 is 0 Å². The molecule has 0 atom stereocenters. The molecule has 0 fully saturated rings. The zero-order valence-corrected chi connectivity index (χ0v) is 12.9. The molecular weight excluding hydrogens is 308 g/mol. The molecule has 4 rings (SSSR count). The number of para-hydroxylation sites is 1. The third kappa shape index (κ3) is 2.43. The molecule has 5 nitrogen and oxygen atoms in total. The fourth-order valence-corrected chi connectivity index (χ4v) is 2.83. The summed E-state index contributed by atoms with van der Waals surface area (Å²) in [5.41, 5.74) is 2.54. The first-order valence-corrected chi connectivity index (χ1v) is 7.58. The molecule has 2 heterocycles. The van der Waals surface area contributed by atoms with Crippen molar-refractivity contribution in [3.8, 4) is 0 Å². The second-order valence-electron chi connectivity index (χ2n) is 5.24. The molecule has 2 aromatic carbocycles. The molecule has 0 bridgehead atoms. The lowest BCUT2D eigenvalue weighted by Crippen LogP contribution is -2.20. The van der Waals surface area contributed by atoms with Crippen LogP contribution in [0.2, 0.25) is 0 Å². The lowest BCUT2D eigenvalue weighted by Gasteiger charge is -2.07. The number of fused-ring (bicyclic) bond motifs is 3. The van der Waals surface area contributed by atoms with Gasteiger partial charge in [-0.25, -0.2) is 4.98 Å². The average molecular weight is 320 g/mol. The third-order valence-electron chi connectivity index (χ3n) is 3.70. The monoisotopic (exact) mass is 320 g/mol. The Bertz CT molecular complexity index is 1130. The summed E-state index contributed by atoms with van der Waals surface area (Å²) < 4.78 is 1.85. The van der Waals surface area contributed by atoms with Crippen LogP contribution in [0.15, 0.2) is 59.4 Å². The quantitative estimate of drug-likeness (QED) is 0.456. The molecule has 0 saturated carbocycles. The number of nitrogens with zero attached hydrogens (tertiary/aromatic N) is 3. The average Bonchev–Trinajstić information content (AvgIpc) is 2.57. The highest BCUT2D eigenvalue weighted by atomic mass is 32.1. The van der Waals surface area contributed by atoms with Crippen LogP contribution in [0, 0.1) is 4.77 Å². The van der Waals surface area contributed by atoms with Crippen molar-refractivity contribution in [1.82, 2.24) is 19.6 Å². The fourth-order valence-electron chi connectivity index (χ4n) is 2.60. The standard InChI is InChI=1S/C17H12N4OS/c22-16-14(10-11-6-2-1-3-7-11)20-21-15(19-16)12-8-4-5-9-13(12)18-17(21)23/h1-9H,10H2,(H,19,22). The Hall–Kier alpha value is -2.86. The van der Waals surface area contributed by atoms with Gasteiger partial charge in [-0.05, 0) is 29.9 Å². The Morgan fingerprint density at radius 3 is 2.61 bits per heavy atom. The van der Waals surface area contributed by atoms with Crippen LogP contribution in [0.3, 0.4) is 0 Å². The van der Waals surface area contributed by atoms with Crippen LogP contribution in [0.1, 0.15) is 11.3 Å². The van der Waals surface area contributed by atoms with E-state index in [1.54, 1.807) is 0 Å². The van der Waals surface area contributed by atoms with Crippen molar-refractivity contribution in [2.45, 2.75) is 6.42 Å². The van der Waals surface area contributed by atoms with Gasteiger partial charge < -0.3 is 4.98 Å². The molecule has 0 aliphatic carbocycles. The van der Waals surface area contributed by atoms with Crippen molar-refractivity contribution in [3.63, 3.8) is 0 Å². The minimum absolute atomic E-state index is 0.209. The van der Waals surface area contributed by atoms with E-state index in [4.69, 9.17) is 12.2 Å². The first-order chi connectivity index (χ1) is 11.2. The van der Waals surface area contributed by atoms with Crippen LogP contribution in [-0.4, -0.2) is 19.6 Å². The molecule has 0 spiro atoms. The van der Waals surface area contributed by atoms with E-state index >= 15 is 0 Å². The number of H-pyrrole nitrogens is 1. The number of aromatic nitrogens is 4. The van der Waals surface area contributed by atoms with E-state index in [0.29, 0.717) is 22.5 Å². The van der Waals surface area contributed by atoms with Gasteiger partial charge in [0.2, 0.25) is 4.77 Å². The molecular formula is C17H12N4OS. The molecule has 0 amide bonds. The number of hydrogen-bond acceptors (Lipinski definition) is 4. The lowest BCUT2D eigenvalue weighted by atomic mass is 10.1. The molecule has 0 radical (unpaired) electrons. The van der Waals surface area contributed by atoms with Crippen LogP contribution in [0.5, 0.6) is 0 Å². The van der Waals surface area contributed by atoms with Gasteiger partial charge in [0.05, 0.1) is 5.52 Å². The minimum Gasteiger partial charge on any atom is -0.305 e. The van der Waals surface area contributed by atoms with Crippen LogP contribution in [-0.2, 0) is 6.42 Å². The van der Waals surface area contributed by atoms with Crippen molar-refractivity contribution >= 4 is 28.8 Å². The SMILES string of the molecule is O=c1[nH]c2c3ccccc3nc(=S)n2nc1Cc1ccccc1. The molecule has 4 aromatic rings. The molecule has 0 aliphatic rings. The molecule has 0 unspecified atom stereocenters. The van der Waals surface area contributed by atoms with Gasteiger partial charge in [-0.2, -0.15) is 9.61 Å². The number of aromatic amines is 1. The number of benzene rings is 2. The maximum Gasteiger partial charge on any atom is 0.273 e. The summed E-state index contributed by atoms with van der Waals surface area (Å²) in [4.78, 5) is 19.7. The van der Waals surface area contributed by atoms with Crippen molar-refractivity contribution in [3.05, 3.63) is 81.0 Å². The maximum absolute atomic E-state index is 12.4. The van der Waals surface area contributed by atoms with Crippen molar-refractivity contribution in [1.29, 1.82) is 0 Å². The predicted molar refractivity (Wildman–Crippen MR) is 91.2 cm³/mol. The molecule has 6 heteroatoms. The molecule has 2 aromatic heterocycles. The van der Waals surface area contributed by atoms with Crippen molar-refractivity contribution in [2.24, 2.45) is 0 Å². The summed E-state index contributed by atoms with van der Waals surface area (Å²) in [6.45, 7) is 0. The Kier molecular flexibility index (Phi) is 3.24. The van der Waals surface area contributed by atoms with E-state index in [0.717, 1.165) is 16.5 Å². The topological polar surface area (TPSA) is 63.0 Å². The fraction of sp³-hybridized carbons (Fsp3) is 0.0588. The number of hydrogen-bond donors (Lipinski definition) is 1. The summed E-state index contributed by atoms with van der Waals surface area (Å²) >= 11 is 5.32. The Balaban J connectivity index is 1.97. The normalized spacial score (nSPS) is 11.1. The summed E-state index contributed by atoms with van der Waals surface area (Å²) in [7, 11) is 0. The molecule has 0 saturated heterocycles. The van der Waals surface area contributed by atoms with Gasteiger partial charge in [0.15, 0.2) is 0 Å². The highest BCUT2D eigenvalue weighted by Crippen LogP contribution is 2.15. The summed E-state index contributed by atoms with van der Waals surface area (Å²) in [6, 6.07) is 17.3. The highest BCUT2D eigenvalue weighted by Gasteiger charge is 2.09. The first-order valence-electron chi connectivity index (χ1n) is 7.17. The van der Waals surface area contributed by atoms with Gasteiger partial charge in [-0.1, -0.05) is 42.5 Å². The molecule has 112 valence electrons. The zero-order chi connectivity index (χ0) is 15.8. The lowest BCUT2D eigenvalue weighted by molar-refractivity contribution is 0.800. The second-order valence-corrected chi connectivity index (χ2v) is 5.60. The maximum atomic E-state index is 12.4. The summed E-state index contributed by atoms with van der Waals surface area (Å²) in [5, 5.41) is 5.24. The van der Waals surface area contributed by atoms with Gasteiger partial charge in [0, 0.05) is 11.8 Å². The van der Waals surface area contributed by atoms with E-state index in [9.17, 15) is 4.79 Å². The van der Waals surface area contributed by atoms with E-state index in [1.165, 1.54) is 4.52 Å². The van der Waals surface area contributed by atoms with Crippen LogP contribution < -0.4 is 5.56 Å². The minimum atomic E-state index is -0.209. The number of nitrogens with one attached hydrogen (secondary N) is 1. The molecule has 23 heavy (non-hydrogen) atoms. The highest BCUT2D eigenvalue weighted by molar-refractivity contribution is 7.71. The Morgan fingerprint density at radius 1 is 1.04 bits per heavy atom. The predicted octanol–water partition coefficient (Wildman–Crippen LogP) is 2.89. The van der Waals surface area contributed by atoms with Crippen molar-refractivity contribution in [2.75, 3.05) is 0 Å². The summed E-state index contributed by atoms with van der Waals surface area (Å²) in [6.07, 6.45) is 0.445. The van der Waals surface area contributed by atoms with Crippen LogP contribution in [0.25, 0.3) is 16.6 Å². The van der Waals surface area contributed by atoms with Crippen LogP contribution >= 0.6 is 12.2 Å². The van der Waals surface area contributed by atoms with Gasteiger partial charge in [0.1, 0.15) is 11.3 Å². The molecule has 1 N–H and O–H groups in total. The largest absolute Gasteiger partial charge is 0.305 e. The smallest absolute Gasteiger partial charge is 0.273 e.